The molecule has 0 bridgehead atoms. The minimum absolute atomic E-state index is 0.0155. The lowest BCUT2D eigenvalue weighted by Gasteiger charge is -2.26. The minimum atomic E-state index is -3.52. The van der Waals surface area contributed by atoms with Gasteiger partial charge in [-0.1, -0.05) is 23.7 Å². The first kappa shape index (κ1) is 26.2. The van der Waals surface area contributed by atoms with E-state index < -0.39 is 15.1 Å². The van der Waals surface area contributed by atoms with Crippen LogP contribution in [0.1, 0.15) is 51.8 Å². The standard InChI is InChI=1S/C26H32ClN5O3S/c1-15(2)35-23-13-19-17(5)28-11-10-18(19)12-22(23)31-26-29-14-20(27)25(32-26)30-21-8-6-7-9-24(21)36(33,34)16(3)4/h6-9,12-17,28H,10-11H2,1-5H3,(H2,29,30,31,32). The largest absolute Gasteiger partial charge is 0.489 e. The molecule has 1 aliphatic heterocycles. The number of sulfone groups is 1. The van der Waals surface area contributed by atoms with Crippen molar-refractivity contribution in [3.63, 3.8) is 0 Å². The Kier molecular flexibility index (Phi) is 7.73. The van der Waals surface area contributed by atoms with Crippen LogP contribution in [0.25, 0.3) is 0 Å². The van der Waals surface area contributed by atoms with Crippen molar-refractivity contribution in [3.05, 3.63) is 58.7 Å². The second-order valence-electron chi connectivity index (χ2n) is 9.37. The van der Waals surface area contributed by atoms with Gasteiger partial charge in [-0.25, -0.2) is 13.4 Å². The predicted octanol–water partition coefficient (Wildman–Crippen LogP) is 5.79. The fraction of sp³-hybridized carbons (Fsp3) is 0.385. The van der Waals surface area contributed by atoms with Gasteiger partial charge in [0.25, 0.3) is 0 Å². The zero-order valence-electron chi connectivity index (χ0n) is 21.1. The fourth-order valence-electron chi connectivity index (χ4n) is 4.08. The summed E-state index contributed by atoms with van der Waals surface area (Å²) in [6.45, 7) is 10.3. The van der Waals surface area contributed by atoms with Gasteiger partial charge in [0.1, 0.15) is 10.8 Å². The minimum Gasteiger partial charge on any atom is -0.489 e. The molecule has 0 aliphatic carbocycles. The number of fused-ring (bicyclic) bond motifs is 1. The molecule has 1 aliphatic rings. The van der Waals surface area contributed by atoms with Crippen LogP contribution in [0.5, 0.6) is 5.75 Å². The third-order valence-electron chi connectivity index (χ3n) is 5.97. The third kappa shape index (κ3) is 5.58. The lowest BCUT2D eigenvalue weighted by Crippen LogP contribution is -2.28. The van der Waals surface area contributed by atoms with Crippen LogP contribution in [0.3, 0.4) is 0 Å². The summed E-state index contributed by atoms with van der Waals surface area (Å²) < 4.78 is 31.8. The molecule has 0 saturated carbocycles. The van der Waals surface area contributed by atoms with Crippen molar-refractivity contribution in [3.8, 4) is 5.75 Å². The number of para-hydroxylation sites is 1. The Morgan fingerprint density at radius 3 is 2.58 bits per heavy atom. The number of nitrogens with one attached hydrogen (secondary N) is 3. The Labute approximate surface area is 217 Å². The van der Waals surface area contributed by atoms with Crippen LogP contribution >= 0.6 is 11.6 Å². The molecule has 0 amide bonds. The van der Waals surface area contributed by atoms with Gasteiger partial charge >= 0.3 is 0 Å². The molecule has 0 radical (unpaired) electrons. The zero-order chi connectivity index (χ0) is 26.0. The van der Waals surface area contributed by atoms with E-state index in [0.29, 0.717) is 23.2 Å². The van der Waals surface area contributed by atoms with Gasteiger partial charge in [-0.05, 0) is 83.0 Å². The number of anilines is 4. The molecule has 3 N–H and O–H groups in total. The number of hydrogen-bond donors (Lipinski definition) is 3. The average molecular weight is 530 g/mol. The van der Waals surface area contributed by atoms with E-state index in [-0.39, 0.29) is 22.1 Å². The van der Waals surface area contributed by atoms with Crippen LogP contribution in [-0.2, 0) is 16.3 Å². The summed E-state index contributed by atoms with van der Waals surface area (Å²) in [5.74, 6) is 1.31. The highest BCUT2D eigenvalue weighted by molar-refractivity contribution is 7.92. The van der Waals surface area contributed by atoms with Gasteiger partial charge in [-0.3, -0.25) is 0 Å². The van der Waals surface area contributed by atoms with E-state index in [9.17, 15) is 8.42 Å². The topological polar surface area (TPSA) is 105 Å². The van der Waals surface area contributed by atoms with Crippen molar-refractivity contribution < 1.29 is 13.2 Å². The maximum atomic E-state index is 12.9. The molecule has 4 rings (SSSR count). The van der Waals surface area contributed by atoms with Gasteiger partial charge in [-0.2, -0.15) is 4.98 Å². The molecule has 36 heavy (non-hydrogen) atoms. The van der Waals surface area contributed by atoms with Crippen LogP contribution in [-0.4, -0.2) is 36.3 Å². The molecule has 2 heterocycles. The number of benzene rings is 2. The number of hydrogen-bond acceptors (Lipinski definition) is 8. The van der Waals surface area contributed by atoms with E-state index in [4.69, 9.17) is 16.3 Å². The van der Waals surface area contributed by atoms with E-state index in [0.717, 1.165) is 18.7 Å². The summed E-state index contributed by atoms with van der Waals surface area (Å²) in [5.41, 5.74) is 3.61. The molecule has 1 unspecified atom stereocenters. The SMILES string of the molecule is CC(C)Oc1cc2c(cc1Nc1ncc(Cl)c(Nc3ccccc3S(=O)(=O)C(C)C)n1)CCNC2C. The predicted molar refractivity (Wildman–Crippen MR) is 145 cm³/mol. The molecule has 0 fully saturated rings. The van der Waals surface area contributed by atoms with E-state index in [1.165, 1.54) is 17.3 Å². The van der Waals surface area contributed by atoms with E-state index >= 15 is 0 Å². The molecule has 2 aromatic carbocycles. The maximum Gasteiger partial charge on any atom is 0.229 e. The second kappa shape index (κ2) is 10.6. The molecular weight excluding hydrogens is 498 g/mol. The van der Waals surface area contributed by atoms with Crippen molar-refractivity contribution >= 4 is 44.6 Å². The average Bonchev–Trinajstić information content (AvgIpc) is 2.82. The van der Waals surface area contributed by atoms with E-state index in [1.807, 2.05) is 13.8 Å². The number of halogens is 1. The number of aromatic nitrogens is 2. The normalized spacial score (nSPS) is 15.6. The summed E-state index contributed by atoms with van der Waals surface area (Å²) in [6.07, 6.45) is 2.37. The Morgan fingerprint density at radius 1 is 1.11 bits per heavy atom. The number of rotatable bonds is 8. The van der Waals surface area contributed by atoms with Gasteiger partial charge in [0, 0.05) is 6.04 Å². The van der Waals surface area contributed by atoms with Gasteiger partial charge in [-0.15, -0.1) is 0 Å². The third-order valence-corrected chi connectivity index (χ3v) is 8.46. The van der Waals surface area contributed by atoms with Crippen LogP contribution in [0, 0.1) is 0 Å². The molecule has 3 aromatic rings. The van der Waals surface area contributed by atoms with Crippen molar-refractivity contribution in [1.82, 2.24) is 15.3 Å². The highest BCUT2D eigenvalue weighted by Gasteiger charge is 2.24. The van der Waals surface area contributed by atoms with Crippen LogP contribution < -0.4 is 20.7 Å². The van der Waals surface area contributed by atoms with Crippen molar-refractivity contribution in [1.29, 1.82) is 0 Å². The molecule has 10 heteroatoms. The molecule has 1 atom stereocenters. The molecule has 0 spiro atoms. The first-order valence-electron chi connectivity index (χ1n) is 12.0. The van der Waals surface area contributed by atoms with Crippen LogP contribution in [0.15, 0.2) is 47.5 Å². The lowest BCUT2D eigenvalue weighted by atomic mass is 9.94. The Morgan fingerprint density at radius 2 is 1.86 bits per heavy atom. The maximum absolute atomic E-state index is 12.9. The van der Waals surface area contributed by atoms with Crippen LogP contribution in [0.2, 0.25) is 5.02 Å². The lowest BCUT2D eigenvalue weighted by molar-refractivity contribution is 0.243. The quantitative estimate of drug-likeness (QED) is 0.336. The van der Waals surface area contributed by atoms with Gasteiger partial charge < -0.3 is 20.7 Å². The number of nitrogens with zero attached hydrogens (tertiary/aromatic N) is 2. The summed E-state index contributed by atoms with van der Waals surface area (Å²) in [4.78, 5) is 9.08. The molecule has 1 aromatic heterocycles. The first-order valence-corrected chi connectivity index (χ1v) is 13.9. The van der Waals surface area contributed by atoms with Crippen molar-refractivity contribution in [2.24, 2.45) is 0 Å². The van der Waals surface area contributed by atoms with E-state index in [1.54, 1.807) is 38.1 Å². The summed E-state index contributed by atoms with van der Waals surface area (Å²) in [5, 5.41) is 9.54. The van der Waals surface area contributed by atoms with Crippen LogP contribution in [0.4, 0.5) is 23.1 Å². The van der Waals surface area contributed by atoms with Gasteiger partial charge in [0.15, 0.2) is 15.7 Å². The molecular formula is C26H32ClN5O3S. The summed E-state index contributed by atoms with van der Waals surface area (Å²) >= 11 is 6.39. The number of ether oxygens (including phenoxy) is 1. The van der Waals surface area contributed by atoms with Gasteiger partial charge in [0.2, 0.25) is 5.95 Å². The second-order valence-corrected chi connectivity index (χ2v) is 12.2. The first-order chi connectivity index (χ1) is 17.1. The summed E-state index contributed by atoms with van der Waals surface area (Å²) in [7, 11) is -3.52. The highest BCUT2D eigenvalue weighted by Crippen LogP contribution is 2.36. The zero-order valence-corrected chi connectivity index (χ0v) is 22.7. The van der Waals surface area contributed by atoms with E-state index in [2.05, 4.69) is 45.0 Å². The molecule has 192 valence electrons. The monoisotopic (exact) mass is 529 g/mol. The fourth-order valence-corrected chi connectivity index (χ4v) is 5.42. The Balaban J connectivity index is 1.68. The van der Waals surface area contributed by atoms with Gasteiger partial charge in [0.05, 0.1) is 33.8 Å². The van der Waals surface area contributed by atoms with Crippen molar-refractivity contribution in [2.75, 3.05) is 17.2 Å². The molecule has 8 nitrogen and oxygen atoms in total. The smallest absolute Gasteiger partial charge is 0.229 e. The Hall–Kier alpha value is -2.88. The van der Waals surface area contributed by atoms with Crippen molar-refractivity contribution in [2.45, 2.75) is 63.3 Å². The highest BCUT2D eigenvalue weighted by atomic mass is 35.5. The summed E-state index contributed by atoms with van der Waals surface area (Å²) in [6, 6.07) is 11.1. The molecule has 0 saturated heterocycles. The Bertz CT molecular complexity index is 1360.